The van der Waals surface area contributed by atoms with Gasteiger partial charge in [-0.25, -0.2) is 0 Å². The average Bonchev–Trinajstić information content (AvgIpc) is 2.56. The lowest BCUT2D eigenvalue weighted by Gasteiger charge is -2.22. The normalized spacial score (nSPS) is 13.0. The van der Waals surface area contributed by atoms with Gasteiger partial charge in [0.15, 0.2) is 6.04 Å². The van der Waals surface area contributed by atoms with Crippen molar-refractivity contribution in [2.45, 2.75) is 26.4 Å². The molecular formula is C19H22N3O+. The van der Waals surface area contributed by atoms with Crippen molar-refractivity contribution in [3.8, 4) is 6.07 Å². The van der Waals surface area contributed by atoms with E-state index >= 15 is 0 Å². The first-order chi connectivity index (χ1) is 11.0. The standard InChI is InChI=1S/C19H21N3O/c1-14-8-4-5-10-17(14)13-22(3)15(2)19(23)21-18-11-7-6-9-16(18)12-20/h4-11,15H,13H2,1-3H3,(H,21,23)/p+1/t15-/m0/s1. The molecule has 0 saturated heterocycles. The summed E-state index contributed by atoms with van der Waals surface area (Å²) in [5, 5.41) is 12.0. The number of hydrogen-bond acceptors (Lipinski definition) is 2. The number of nitrogens with zero attached hydrogens (tertiary/aromatic N) is 1. The van der Waals surface area contributed by atoms with Gasteiger partial charge in [0.05, 0.1) is 18.3 Å². The summed E-state index contributed by atoms with van der Waals surface area (Å²) < 4.78 is 0. The molecule has 2 rings (SSSR count). The Kier molecular flexibility index (Phi) is 5.51. The Labute approximate surface area is 137 Å². The number of anilines is 1. The Hall–Kier alpha value is -2.64. The van der Waals surface area contributed by atoms with Gasteiger partial charge >= 0.3 is 0 Å². The molecule has 1 amide bonds. The van der Waals surface area contributed by atoms with E-state index < -0.39 is 0 Å². The molecule has 0 saturated carbocycles. The third-order valence-corrected chi connectivity index (χ3v) is 4.17. The number of rotatable bonds is 5. The first-order valence-corrected chi connectivity index (χ1v) is 7.69. The van der Waals surface area contributed by atoms with Crippen molar-refractivity contribution < 1.29 is 9.69 Å². The van der Waals surface area contributed by atoms with Crippen LogP contribution in [0.4, 0.5) is 5.69 Å². The lowest BCUT2D eigenvalue weighted by atomic mass is 10.1. The maximum Gasteiger partial charge on any atom is 0.282 e. The molecule has 4 nitrogen and oxygen atoms in total. The number of aryl methyl sites for hydroxylation is 1. The molecule has 4 heteroatoms. The summed E-state index contributed by atoms with van der Waals surface area (Å²) in [4.78, 5) is 13.6. The van der Waals surface area contributed by atoms with Gasteiger partial charge in [-0.1, -0.05) is 36.4 Å². The van der Waals surface area contributed by atoms with Crippen LogP contribution >= 0.6 is 0 Å². The zero-order valence-corrected chi connectivity index (χ0v) is 13.8. The van der Waals surface area contributed by atoms with Gasteiger partial charge in [-0.3, -0.25) is 4.79 Å². The van der Waals surface area contributed by atoms with Crippen molar-refractivity contribution in [2.24, 2.45) is 0 Å². The fraction of sp³-hybridized carbons (Fsp3) is 0.263. The van der Waals surface area contributed by atoms with Crippen LogP contribution in [0.15, 0.2) is 48.5 Å². The second-order valence-electron chi connectivity index (χ2n) is 5.82. The number of para-hydroxylation sites is 1. The van der Waals surface area contributed by atoms with Gasteiger partial charge in [0.25, 0.3) is 5.91 Å². The largest absolute Gasteiger partial charge is 0.324 e. The van der Waals surface area contributed by atoms with E-state index in [2.05, 4.69) is 30.4 Å². The zero-order valence-electron chi connectivity index (χ0n) is 13.8. The predicted octanol–water partition coefficient (Wildman–Crippen LogP) is 1.91. The number of benzene rings is 2. The van der Waals surface area contributed by atoms with Gasteiger partial charge in [0.1, 0.15) is 12.6 Å². The molecule has 0 spiro atoms. The maximum atomic E-state index is 12.5. The van der Waals surface area contributed by atoms with Gasteiger partial charge < -0.3 is 10.2 Å². The molecule has 118 valence electrons. The number of nitrogens with one attached hydrogen (secondary N) is 2. The van der Waals surface area contributed by atoms with Crippen LogP contribution in [0.25, 0.3) is 0 Å². The number of amides is 1. The fourth-order valence-corrected chi connectivity index (χ4v) is 2.42. The average molecular weight is 308 g/mol. The monoisotopic (exact) mass is 308 g/mol. The quantitative estimate of drug-likeness (QED) is 0.886. The Morgan fingerprint density at radius 2 is 1.87 bits per heavy atom. The molecule has 0 fully saturated rings. The second-order valence-corrected chi connectivity index (χ2v) is 5.82. The van der Waals surface area contributed by atoms with E-state index in [1.54, 1.807) is 18.2 Å². The van der Waals surface area contributed by atoms with Gasteiger partial charge in [-0.2, -0.15) is 5.26 Å². The Balaban J connectivity index is 2.04. The van der Waals surface area contributed by atoms with E-state index in [1.165, 1.54) is 11.1 Å². The van der Waals surface area contributed by atoms with E-state index in [-0.39, 0.29) is 11.9 Å². The Bertz CT molecular complexity index is 733. The van der Waals surface area contributed by atoms with Crippen LogP contribution < -0.4 is 10.2 Å². The summed E-state index contributed by atoms with van der Waals surface area (Å²) >= 11 is 0. The first-order valence-electron chi connectivity index (χ1n) is 7.69. The van der Waals surface area contributed by atoms with Gasteiger partial charge in [-0.05, 0) is 31.5 Å². The van der Waals surface area contributed by atoms with Crippen LogP contribution in [0.5, 0.6) is 0 Å². The molecule has 23 heavy (non-hydrogen) atoms. The zero-order chi connectivity index (χ0) is 16.8. The number of nitriles is 1. The molecule has 0 radical (unpaired) electrons. The van der Waals surface area contributed by atoms with Gasteiger partial charge in [-0.15, -0.1) is 0 Å². The summed E-state index contributed by atoms with van der Waals surface area (Å²) in [6, 6.07) is 17.1. The topological polar surface area (TPSA) is 57.3 Å². The van der Waals surface area contributed by atoms with E-state index in [9.17, 15) is 4.79 Å². The van der Waals surface area contributed by atoms with Crippen molar-refractivity contribution in [3.05, 3.63) is 65.2 Å². The highest BCUT2D eigenvalue weighted by Gasteiger charge is 2.23. The lowest BCUT2D eigenvalue weighted by molar-refractivity contribution is -0.907. The molecule has 2 N–H and O–H groups in total. The summed E-state index contributed by atoms with van der Waals surface area (Å²) in [5.41, 5.74) is 3.51. The molecule has 2 aromatic carbocycles. The van der Waals surface area contributed by atoms with Crippen molar-refractivity contribution >= 4 is 11.6 Å². The first kappa shape index (κ1) is 16.7. The van der Waals surface area contributed by atoms with Crippen LogP contribution in [0.1, 0.15) is 23.6 Å². The second kappa shape index (κ2) is 7.57. The van der Waals surface area contributed by atoms with E-state index in [0.29, 0.717) is 11.3 Å². The Morgan fingerprint density at radius 1 is 1.22 bits per heavy atom. The van der Waals surface area contributed by atoms with Gasteiger partial charge in [0.2, 0.25) is 0 Å². The maximum absolute atomic E-state index is 12.5. The van der Waals surface area contributed by atoms with Crippen LogP contribution in [0.3, 0.4) is 0 Å². The molecule has 0 aromatic heterocycles. The molecule has 0 aliphatic heterocycles. The minimum atomic E-state index is -0.221. The van der Waals surface area contributed by atoms with Crippen LogP contribution in [0.2, 0.25) is 0 Å². The molecule has 0 aliphatic carbocycles. The molecule has 2 atom stereocenters. The minimum absolute atomic E-state index is 0.0845. The predicted molar refractivity (Wildman–Crippen MR) is 91.0 cm³/mol. The third kappa shape index (κ3) is 4.18. The van der Waals surface area contributed by atoms with E-state index in [0.717, 1.165) is 11.4 Å². The van der Waals surface area contributed by atoms with E-state index in [4.69, 9.17) is 5.26 Å². The molecule has 0 heterocycles. The highest BCUT2D eigenvalue weighted by atomic mass is 16.2. The van der Waals surface area contributed by atoms with Crippen LogP contribution in [0, 0.1) is 18.3 Å². The minimum Gasteiger partial charge on any atom is -0.324 e. The number of hydrogen-bond donors (Lipinski definition) is 2. The summed E-state index contributed by atoms with van der Waals surface area (Å²) in [5.74, 6) is -0.0845. The van der Waals surface area contributed by atoms with Gasteiger partial charge in [0, 0.05) is 5.56 Å². The summed E-state index contributed by atoms with van der Waals surface area (Å²) in [6.07, 6.45) is 0. The molecular weight excluding hydrogens is 286 g/mol. The highest BCUT2D eigenvalue weighted by molar-refractivity contribution is 5.94. The molecule has 0 aliphatic rings. The summed E-state index contributed by atoms with van der Waals surface area (Å²) in [7, 11) is 2.01. The number of carbonyl (C=O) groups is 1. The van der Waals surface area contributed by atoms with E-state index in [1.807, 2.05) is 32.2 Å². The van der Waals surface area contributed by atoms with Crippen LogP contribution in [-0.2, 0) is 11.3 Å². The molecule has 1 unspecified atom stereocenters. The SMILES string of the molecule is Cc1ccccc1C[NH+](C)[C@@H](C)C(=O)Nc1ccccc1C#N. The number of likely N-dealkylation sites (N-methyl/N-ethyl adjacent to an activating group) is 1. The Morgan fingerprint density at radius 3 is 2.57 bits per heavy atom. The van der Waals surface area contributed by atoms with Crippen molar-refractivity contribution in [2.75, 3.05) is 12.4 Å². The molecule has 0 bridgehead atoms. The molecule has 2 aromatic rings. The number of quaternary nitrogens is 1. The van der Waals surface area contributed by atoms with Crippen LogP contribution in [-0.4, -0.2) is 19.0 Å². The lowest BCUT2D eigenvalue weighted by Crippen LogP contribution is -3.12. The highest BCUT2D eigenvalue weighted by Crippen LogP contribution is 2.13. The van der Waals surface area contributed by atoms with Crippen molar-refractivity contribution in [1.29, 1.82) is 5.26 Å². The smallest absolute Gasteiger partial charge is 0.282 e. The van der Waals surface area contributed by atoms with Crippen molar-refractivity contribution in [1.82, 2.24) is 0 Å². The summed E-state index contributed by atoms with van der Waals surface area (Å²) in [6.45, 7) is 4.76. The number of carbonyl (C=O) groups excluding carboxylic acids is 1. The van der Waals surface area contributed by atoms with Crippen molar-refractivity contribution in [3.63, 3.8) is 0 Å². The fourth-order valence-electron chi connectivity index (χ4n) is 2.42. The third-order valence-electron chi connectivity index (χ3n) is 4.17.